The molecule has 0 atom stereocenters. The van der Waals surface area contributed by atoms with Gasteiger partial charge in [0.05, 0.1) is 5.56 Å². The van der Waals surface area contributed by atoms with Crippen molar-refractivity contribution in [3.8, 4) is 11.5 Å². The number of phenols is 2. The van der Waals surface area contributed by atoms with Gasteiger partial charge < -0.3 is 14.9 Å². The van der Waals surface area contributed by atoms with Crippen molar-refractivity contribution in [1.82, 2.24) is 0 Å². The van der Waals surface area contributed by atoms with Gasteiger partial charge >= 0.3 is 57.4 Å². The van der Waals surface area contributed by atoms with Crippen LogP contribution in [0.3, 0.4) is 0 Å². The minimum absolute atomic E-state index is 0. The number of esters is 1. The Morgan fingerprint density at radius 2 is 1.20 bits per heavy atom. The zero-order valence-corrected chi connectivity index (χ0v) is 12.6. The molecule has 25 heavy (non-hydrogen) atoms. The van der Waals surface area contributed by atoms with Crippen molar-refractivity contribution < 1.29 is 19.7 Å². The van der Waals surface area contributed by atoms with E-state index in [4.69, 9.17) is 4.74 Å². The van der Waals surface area contributed by atoms with Gasteiger partial charge in [-0.3, -0.25) is 0 Å². The molecule has 1 aliphatic heterocycles. The number of carbonyl (C=O) groups is 1. The molecule has 1 heterocycles. The number of ether oxygens (including phenoxy) is 1. The summed E-state index contributed by atoms with van der Waals surface area (Å²) >= 11 is 0. The fourth-order valence-electron chi connectivity index (χ4n) is 3.20. The van der Waals surface area contributed by atoms with Crippen LogP contribution in [-0.2, 0) is 10.3 Å². The van der Waals surface area contributed by atoms with Crippen molar-refractivity contribution in [1.29, 1.82) is 0 Å². The molecule has 5 heteroatoms. The van der Waals surface area contributed by atoms with E-state index in [2.05, 4.69) is 0 Å². The average molecular weight is 358 g/mol. The second kappa shape index (κ2) is 6.94. The van der Waals surface area contributed by atoms with Crippen molar-refractivity contribution in [3.05, 3.63) is 95.1 Å². The molecule has 3 aromatic rings. The Morgan fingerprint density at radius 3 is 1.72 bits per heavy atom. The second-order valence-electron chi connectivity index (χ2n) is 5.71. The van der Waals surface area contributed by atoms with Gasteiger partial charge in [0.1, 0.15) is 11.5 Å². The maximum atomic E-state index is 12.4. The maximum absolute atomic E-state index is 12.4. The van der Waals surface area contributed by atoms with Crippen LogP contribution in [0.2, 0.25) is 0 Å². The van der Waals surface area contributed by atoms with Crippen molar-refractivity contribution in [2.24, 2.45) is 0 Å². The van der Waals surface area contributed by atoms with Gasteiger partial charge in [-0.25, -0.2) is 4.79 Å². The minimum atomic E-state index is -1.10. The van der Waals surface area contributed by atoms with Crippen LogP contribution in [0.15, 0.2) is 72.8 Å². The van der Waals surface area contributed by atoms with Gasteiger partial charge in [0, 0.05) is 16.7 Å². The van der Waals surface area contributed by atoms with E-state index in [0.29, 0.717) is 5.56 Å². The molecule has 120 valence electrons. The van der Waals surface area contributed by atoms with Crippen LogP contribution in [0.1, 0.15) is 27.0 Å². The number of aromatic hydroxyl groups is 2. The van der Waals surface area contributed by atoms with Gasteiger partial charge in [0.25, 0.3) is 0 Å². The van der Waals surface area contributed by atoms with E-state index in [1.165, 1.54) is 0 Å². The molecule has 0 saturated heterocycles. The Labute approximate surface area is 187 Å². The third-order valence-corrected chi connectivity index (χ3v) is 4.32. The molecule has 4 nitrogen and oxygen atoms in total. The van der Waals surface area contributed by atoms with Gasteiger partial charge in [-0.05, 0) is 30.3 Å². The van der Waals surface area contributed by atoms with E-state index >= 15 is 0 Å². The quantitative estimate of drug-likeness (QED) is 0.546. The predicted octanol–water partition coefficient (Wildman–Crippen LogP) is 2.91. The number of phenolic OH excluding ortho intramolecular Hbond substituents is 2. The zero-order chi connectivity index (χ0) is 16.7. The van der Waals surface area contributed by atoms with E-state index in [1.54, 1.807) is 60.7 Å². The standard InChI is InChI=1S/C20H14O4.K.H/c21-15-9-5-13(6-10-15)20(14-7-11-16(22)12-8-14)18-4-2-1-3-17(18)19(23)24-20;;/h1-12,21-22H;;. The molecule has 0 unspecified atom stereocenters. The number of cyclic esters (lactones) is 1. The number of fused-ring (bicyclic) bond motifs is 1. The van der Waals surface area contributed by atoms with Crippen LogP contribution in [0.25, 0.3) is 0 Å². The van der Waals surface area contributed by atoms with E-state index < -0.39 is 11.6 Å². The molecule has 0 bridgehead atoms. The number of hydrogen-bond acceptors (Lipinski definition) is 4. The summed E-state index contributed by atoms with van der Waals surface area (Å²) < 4.78 is 5.87. The predicted molar refractivity (Wildman–Crippen MR) is 95.1 cm³/mol. The van der Waals surface area contributed by atoms with Crippen LogP contribution in [0.4, 0.5) is 0 Å². The zero-order valence-electron chi connectivity index (χ0n) is 12.6. The first-order chi connectivity index (χ1) is 11.6. The molecule has 0 aromatic heterocycles. The molecule has 0 aliphatic carbocycles. The van der Waals surface area contributed by atoms with E-state index in [-0.39, 0.29) is 62.9 Å². The second-order valence-corrected chi connectivity index (χ2v) is 5.71. The van der Waals surface area contributed by atoms with Gasteiger partial charge in [0.15, 0.2) is 5.60 Å². The summed E-state index contributed by atoms with van der Waals surface area (Å²) in [6.07, 6.45) is 0. The summed E-state index contributed by atoms with van der Waals surface area (Å²) in [5.74, 6) is -0.124. The van der Waals surface area contributed by atoms with E-state index in [9.17, 15) is 15.0 Å². The summed E-state index contributed by atoms with van der Waals surface area (Å²) in [6, 6.07) is 20.4. The van der Waals surface area contributed by atoms with Crippen LogP contribution in [-0.4, -0.2) is 67.6 Å². The topological polar surface area (TPSA) is 66.8 Å². The fourth-order valence-corrected chi connectivity index (χ4v) is 3.20. The first-order valence-corrected chi connectivity index (χ1v) is 7.53. The number of rotatable bonds is 2. The summed E-state index contributed by atoms with van der Waals surface area (Å²) in [4.78, 5) is 12.4. The normalized spacial score (nSPS) is 14.3. The molecule has 0 spiro atoms. The van der Waals surface area contributed by atoms with Crippen LogP contribution < -0.4 is 0 Å². The van der Waals surface area contributed by atoms with Crippen molar-refractivity contribution in [3.63, 3.8) is 0 Å². The third-order valence-electron chi connectivity index (χ3n) is 4.32. The molecular formula is C20H15KO4. The molecule has 0 amide bonds. The van der Waals surface area contributed by atoms with Gasteiger partial charge in [-0.15, -0.1) is 0 Å². The molecule has 1 aliphatic rings. The first-order valence-electron chi connectivity index (χ1n) is 7.53. The average Bonchev–Trinajstić information content (AvgIpc) is 2.91. The van der Waals surface area contributed by atoms with Crippen LogP contribution in [0, 0.1) is 0 Å². The summed E-state index contributed by atoms with van der Waals surface area (Å²) in [7, 11) is 0. The Balaban J connectivity index is 0.00000182. The molecule has 0 saturated carbocycles. The monoisotopic (exact) mass is 358 g/mol. The Bertz CT molecular complexity index is 872. The SMILES string of the molecule is O=C1OC(c2ccc(O)cc2)(c2ccc(O)cc2)c2ccccc21.[KH]. The van der Waals surface area contributed by atoms with Crippen molar-refractivity contribution in [2.75, 3.05) is 0 Å². The summed E-state index contributed by atoms with van der Waals surface area (Å²) in [5.41, 5.74) is 1.60. The molecule has 2 N–H and O–H groups in total. The molecule has 3 aromatic carbocycles. The van der Waals surface area contributed by atoms with Gasteiger partial charge in [-0.2, -0.15) is 0 Å². The fraction of sp³-hybridized carbons (Fsp3) is 0.0500. The number of carbonyl (C=O) groups excluding carboxylic acids is 1. The van der Waals surface area contributed by atoms with Crippen LogP contribution >= 0.6 is 0 Å². The molecule has 4 rings (SSSR count). The number of hydrogen-bond donors (Lipinski definition) is 2. The molecular weight excluding hydrogens is 343 g/mol. The van der Waals surface area contributed by atoms with Crippen molar-refractivity contribution >= 4 is 57.4 Å². The molecule has 0 radical (unpaired) electrons. The van der Waals surface area contributed by atoms with Gasteiger partial charge in [-0.1, -0.05) is 42.5 Å². The third kappa shape index (κ3) is 2.92. The van der Waals surface area contributed by atoms with Crippen LogP contribution in [0.5, 0.6) is 11.5 Å². The van der Waals surface area contributed by atoms with E-state index in [0.717, 1.165) is 16.7 Å². The van der Waals surface area contributed by atoms with E-state index in [1.807, 2.05) is 12.1 Å². The van der Waals surface area contributed by atoms with Crippen molar-refractivity contribution in [2.45, 2.75) is 5.60 Å². The Kier molecular flexibility index (Phi) is 5.04. The Hall–Kier alpha value is -1.63. The summed E-state index contributed by atoms with van der Waals surface area (Å²) in [6.45, 7) is 0. The first kappa shape index (κ1) is 18.2. The summed E-state index contributed by atoms with van der Waals surface area (Å²) in [5, 5.41) is 19.2. The Morgan fingerprint density at radius 1 is 0.720 bits per heavy atom. The molecule has 0 fully saturated rings. The van der Waals surface area contributed by atoms with Gasteiger partial charge in [0.2, 0.25) is 0 Å². The number of benzene rings is 3.